The van der Waals surface area contributed by atoms with Gasteiger partial charge in [-0.2, -0.15) is 0 Å². The average molecular weight is 542 g/mol. The Hall–Kier alpha value is -4.03. The van der Waals surface area contributed by atoms with Gasteiger partial charge in [0.25, 0.3) is 11.5 Å². The molecular formula is C27H32FN5O6. The van der Waals surface area contributed by atoms with Crippen molar-refractivity contribution in [3.05, 3.63) is 69.4 Å². The summed E-state index contributed by atoms with van der Waals surface area (Å²) in [6.07, 6.45) is 1.95. The lowest BCUT2D eigenvalue weighted by molar-refractivity contribution is 0.0374. The van der Waals surface area contributed by atoms with Crippen molar-refractivity contribution in [2.75, 3.05) is 53.0 Å². The van der Waals surface area contributed by atoms with Crippen LogP contribution in [0.25, 0.3) is 11.0 Å². The third-order valence-corrected chi connectivity index (χ3v) is 6.51. The monoisotopic (exact) mass is 541 g/mol. The van der Waals surface area contributed by atoms with Crippen LogP contribution in [-0.4, -0.2) is 84.6 Å². The summed E-state index contributed by atoms with van der Waals surface area (Å²) in [5.41, 5.74) is 0.796. The summed E-state index contributed by atoms with van der Waals surface area (Å²) in [5.74, 6) is -1.56. The lowest BCUT2D eigenvalue weighted by Crippen LogP contribution is -2.39. The maximum Gasteiger partial charge on any atom is 0.406 e. The molecule has 2 aromatic heterocycles. The van der Waals surface area contributed by atoms with Gasteiger partial charge in [-0.25, -0.2) is 9.18 Å². The normalized spacial score (nSPS) is 13.8. The molecule has 0 spiro atoms. The molecule has 0 atom stereocenters. The first kappa shape index (κ1) is 28.0. The largest absolute Gasteiger partial charge is 0.505 e. The predicted octanol–water partition coefficient (Wildman–Crippen LogP) is 1.64. The number of nitrogens with one attached hydrogen (secondary N) is 2. The van der Waals surface area contributed by atoms with Crippen LogP contribution in [0.1, 0.15) is 27.9 Å². The molecule has 0 aliphatic carbocycles. The van der Waals surface area contributed by atoms with Crippen molar-refractivity contribution in [3.8, 4) is 5.75 Å². The van der Waals surface area contributed by atoms with Crippen LogP contribution >= 0.6 is 0 Å². The Balaban J connectivity index is 1.59. The number of fused-ring (bicyclic) bond motifs is 1. The number of amides is 2. The second-order valence-corrected chi connectivity index (χ2v) is 9.18. The van der Waals surface area contributed by atoms with E-state index in [4.69, 9.17) is 4.74 Å². The van der Waals surface area contributed by atoms with Crippen molar-refractivity contribution < 1.29 is 28.6 Å². The van der Waals surface area contributed by atoms with Gasteiger partial charge in [0, 0.05) is 38.9 Å². The minimum absolute atomic E-state index is 0.00368. The average Bonchev–Trinajstić information content (AvgIpc) is 2.94. The van der Waals surface area contributed by atoms with Crippen molar-refractivity contribution in [1.82, 2.24) is 25.1 Å². The highest BCUT2D eigenvalue weighted by Crippen LogP contribution is 2.26. The summed E-state index contributed by atoms with van der Waals surface area (Å²) in [5, 5.41) is 16.2. The van der Waals surface area contributed by atoms with E-state index in [1.54, 1.807) is 18.2 Å². The van der Waals surface area contributed by atoms with Crippen LogP contribution in [0.4, 0.5) is 9.18 Å². The van der Waals surface area contributed by atoms with Gasteiger partial charge in [0.15, 0.2) is 5.75 Å². The third-order valence-electron chi connectivity index (χ3n) is 6.51. The number of methoxy groups -OCH3 is 1. The molecule has 1 aromatic carbocycles. The van der Waals surface area contributed by atoms with Gasteiger partial charge in [-0.3, -0.25) is 19.5 Å². The molecule has 4 rings (SSSR count). The van der Waals surface area contributed by atoms with Gasteiger partial charge in [0.05, 0.1) is 25.8 Å². The molecule has 1 fully saturated rings. The zero-order valence-electron chi connectivity index (χ0n) is 21.7. The zero-order valence-corrected chi connectivity index (χ0v) is 21.7. The molecule has 12 heteroatoms. The number of rotatable bonds is 10. The molecule has 1 aliphatic rings. The second kappa shape index (κ2) is 13.2. The Bertz CT molecular complexity index is 1370. The predicted molar refractivity (Wildman–Crippen MR) is 141 cm³/mol. The molecule has 11 nitrogen and oxygen atoms in total. The highest BCUT2D eigenvalue weighted by molar-refractivity contribution is 6.01. The number of hydrogen-bond donors (Lipinski definition) is 3. The topological polar surface area (TPSA) is 135 Å². The first-order valence-electron chi connectivity index (χ1n) is 12.8. The van der Waals surface area contributed by atoms with Gasteiger partial charge >= 0.3 is 6.09 Å². The van der Waals surface area contributed by atoms with Crippen LogP contribution in [0.5, 0.6) is 5.75 Å². The number of halogens is 1. The van der Waals surface area contributed by atoms with E-state index in [-0.39, 0.29) is 24.4 Å². The standard InChI is InChI=1S/C27H32FN5O6/c1-38-27(37)30-8-10-33-21-16-19(15-18-3-5-20(28)6-4-18)17-31-23(21)24(34)22(26(33)36)25(35)29-7-2-9-32-11-13-39-14-12-32/h3-6,16-17,34H,2,7-15H2,1H3,(H,29,35)(H,30,37). The number of hydrogen-bond acceptors (Lipinski definition) is 8. The SMILES string of the molecule is COC(=O)NCCn1c(=O)c(C(=O)NCCCN2CCOCC2)c(O)c2ncc(Cc3ccc(F)cc3)cc21. The van der Waals surface area contributed by atoms with Crippen LogP contribution in [0.3, 0.4) is 0 Å². The minimum atomic E-state index is -0.710. The van der Waals surface area contributed by atoms with Gasteiger partial charge < -0.3 is 29.8 Å². The molecule has 3 aromatic rings. The Morgan fingerprint density at radius 3 is 2.56 bits per heavy atom. The molecule has 3 heterocycles. The first-order valence-corrected chi connectivity index (χ1v) is 12.8. The van der Waals surface area contributed by atoms with E-state index in [1.165, 1.54) is 30.0 Å². The molecule has 1 aliphatic heterocycles. The number of carbonyl (C=O) groups is 2. The quantitative estimate of drug-likeness (QED) is 0.330. The van der Waals surface area contributed by atoms with E-state index in [0.717, 1.165) is 25.2 Å². The Morgan fingerprint density at radius 1 is 1.10 bits per heavy atom. The lowest BCUT2D eigenvalue weighted by Gasteiger charge is -2.26. The van der Waals surface area contributed by atoms with Crippen LogP contribution in [0, 0.1) is 5.82 Å². The number of morpholine rings is 1. The highest BCUT2D eigenvalue weighted by atomic mass is 19.1. The summed E-state index contributed by atoms with van der Waals surface area (Å²) < 4.78 is 24.5. The number of aromatic nitrogens is 2. The fourth-order valence-corrected chi connectivity index (χ4v) is 4.47. The summed E-state index contributed by atoms with van der Waals surface area (Å²) in [7, 11) is 1.23. The second-order valence-electron chi connectivity index (χ2n) is 9.18. The number of nitrogens with zero attached hydrogens (tertiary/aromatic N) is 3. The summed E-state index contributed by atoms with van der Waals surface area (Å²) in [6.45, 7) is 4.16. The maximum absolute atomic E-state index is 13.5. The number of ether oxygens (including phenoxy) is 2. The number of carbonyl (C=O) groups excluding carboxylic acids is 2. The molecule has 0 bridgehead atoms. The van der Waals surface area contributed by atoms with E-state index >= 15 is 0 Å². The van der Waals surface area contributed by atoms with Crippen molar-refractivity contribution in [2.24, 2.45) is 0 Å². The van der Waals surface area contributed by atoms with Gasteiger partial charge in [-0.15, -0.1) is 0 Å². The first-order chi connectivity index (χ1) is 18.9. The van der Waals surface area contributed by atoms with E-state index in [9.17, 15) is 23.9 Å². The summed E-state index contributed by atoms with van der Waals surface area (Å²) in [6, 6.07) is 7.70. The van der Waals surface area contributed by atoms with Crippen LogP contribution in [0.2, 0.25) is 0 Å². The number of alkyl carbamates (subject to hydrolysis) is 1. The number of aromatic hydroxyl groups is 1. The van der Waals surface area contributed by atoms with E-state index in [2.05, 4.69) is 25.3 Å². The number of pyridine rings is 2. The third kappa shape index (κ3) is 7.09. The zero-order chi connectivity index (χ0) is 27.8. The minimum Gasteiger partial charge on any atom is -0.505 e. The molecule has 0 unspecified atom stereocenters. The molecule has 0 saturated carbocycles. The summed E-state index contributed by atoms with van der Waals surface area (Å²) >= 11 is 0. The van der Waals surface area contributed by atoms with E-state index in [1.807, 2.05) is 0 Å². The molecule has 39 heavy (non-hydrogen) atoms. The van der Waals surface area contributed by atoms with Crippen molar-refractivity contribution in [3.63, 3.8) is 0 Å². The summed E-state index contributed by atoms with van der Waals surface area (Å²) in [4.78, 5) is 44.7. The van der Waals surface area contributed by atoms with Gasteiger partial charge in [0.2, 0.25) is 0 Å². The lowest BCUT2D eigenvalue weighted by atomic mass is 10.1. The fourth-order valence-electron chi connectivity index (χ4n) is 4.47. The van der Waals surface area contributed by atoms with E-state index < -0.39 is 28.9 Å². The van der Waals surface area contributed by atoms with Crippen LogP contribution in [-0.2, 0) is 22.4 Å². The smallest absolute Gasteiger partial charge is 0.406 e. The van der Waals surface area contributed by atoms with Crippen molar-refractivity contribution in [2.45, 2.75) is 19.4 Å². The maximum atomic E-state index is 13.5. The molecule has 1 saturated heterocycles. The van der Waals surface area contributed by atoms with Crippen LogP contribution < -0.4 is 16.2 Å². The molecule has 2 amide bonds. The molecule has 3 N–H and O–H groups in total. The Morgan fingerprint density at radius 2 is 1.85 bits per heavy atom. The Kier molecular flexibility index (Phi) is 9.45. The van der Waals surface area contributed by atoms with Crippen LogP contribution in [0.15, 0.2) is 41.3 Å². The van der Waals surface area contributed by atoms with Gasteiger partial charge in [0.1, 0.15) is 16.9 Å². The van der Waals surface area contributed by atoms with E-state index in [0.29, 0.717) is 43.7 Å². The van der Waals surface area contributed by atoms with Crippen molar-refractivity contribution >= 4 is 23.0 Å². The number of benzene rings is 1. The Labute approximate surface area is 224 Å². The van der Waals surface area contributed by atoms with Gasteiger partial charge in [-0.05, 0) is 48.7 Å². The highest BCUT2D eigenvalue weighted by Gasteiger charge is 2.23. The molecular weight excluding hydrogens is 509 g/mol. The van der Waals surface area contributed by atoms with Crippen molar-refractivity contribution in [1.29, 1.82) is 0 Å². The fraction of sp³-hybridized carbons (Fsp3) is 0.407. The van der Waals surface area contributed by atoms with Gasteiger partial charge in [-0.1, -0.05) is 12.1 Å². The molecule has 208 valence electrons. The molecule has 0 radical (unpaired) electrons.